The van der Waals surface area contributed by atoms with Gasteiger partial charge in [0.1, 0.15) is 23.1 Å². The molecule has 0 aliphatic rings. The molecule has 0 spiro atoms. The van der Waals surface area contributed by atoms with Crippen LogP contribution in [-0.2, 0) is 4.79 Å². The maximum absolute atomic E-state index is 13.8. The van der Waals surface area contributed by atoms with Crippen LogP contribution in [0.2, 0.25) is 0 Å². The fourth-order valence-electron chi connectivity index (χ4n) is 1.59. The lowest BCUT2D eigenvalue weighted by Crippen LogP contribution is -1.93. The number of rotatable bonds is 4. The molecule has 0 bridgehead atoms. The first kappa shape index (κ1) is 15.2. The first-order chi connectivity index (χ1) is 9.97. The summed E-state index contributed by atoms with van der Waals surface area (Å²) < 4.78 is 32.6. The van der Waals surface area contributed by atoms with E-state index < -0.39 is 17.6 Å². The van der Waals surface area contributed by atoms with Gasteiger partial charge >= 0.3 is 5.97 Å². The van der Waals surface area contributed by atoms with Gasteiger partial charge in [-0.15, -0.1) is 0 Å². The third kappa shape index (κ3) is 3.88. The third-order valence-electron chi connectivity index (χ3n) is 2.52. The van der Waals surface area contributed by atoms with Crippen LogP contribution in [0.1, 0.15) is 5.56 Å². The van der Waals surface area contributed by atoms with Gasteiger partial charge in [-0.25, -0.2) is 13.6 Å². The summed E-state index contributed by atoms with van der Waals surface area (Å²) in [4.78, 5) is 10.5. The Kier molecular flexibility index (Phi) is 4.70. The van der Waals surface area contributed by atoms with Gasteiger partial charge in [-0.1, -0.05) is 6.07 Å². The van der Waals surface area contributed by atoms with E-state index in [1.54, 1.807) is 0 Å². The molecule has 1 N–H and O–H groups in total. The number of aliphatic carboxylic acids is 1. The third-order valence-corrected chi connectivity index (χ3v) is 3.13. The van der Waals surface area contributed by atoms with Crippen molar-refractivity contribution in [2.75, 3.05) is 0 Å². The number of hydrogen-bond donors (Lipinski definition) is 1. The topological polar surface area (TPSA) is 46.5 Å². The van der Waals surface area contributed by atoms with E-state index in [1.165, 1.54) is 36.4 Å². The van der Waals surface area contributed by atoms with E-state index >= 15 is 0 Å². The number of carbonyl (C=O) groups is 1. The van der Waals surface area contributed by atoms with Crippen LogP contribution in [0.4, 0.5) is 8.78 Å². The van der Waals surface area contributed by atoms with Gasteiger partial charge < -0.3 is 9.84 Å². The summed E-state index contributed by atoms with van der Waals surface area (Å²) in [5.74, 6) is -1.85. The maximum Gasteiger partial charge on any atom is 0.328 e. The minimum Gasteiger partial charge on any atom is -0.478 e. The van der Waals surface area contributed by atoms with Crippen molar-refractivity contribution in [2.24, 2.45) is 0 Å². The van der Waals surface area contributed by atoms with Gasteiger partial charge in [0.25, 0.3) is 0 Å². The predicted octanol–water partition coefficient (Wildman–Crippen LogP) is 4.62. The van der Waals surface area contributed by atoms with E-state index in [4.69, 9.17) is 9.84 Å². The summed E-state index contributed by atoms with van der Waals surface area (Å²) in [7, 11) is 0. The zero-order valence-corrected chi connectivity index (χ0v) is 12.1. The minimum absolute atomic E-state index is 0.000322. The van der Waals surface area contributed by atoms with Crippen LogP contribution in [0.25, 0.3) is 6.08 Å². The lowest BCUT2D eigenvalue weighted by Gasteiger charge is -2.10. The van der Waals surface area contributed by atoms with Crippen molar-refractivity contribution in [3.8, 4) is 11.5 Å². The Morgan fingerprint density at radius 1 is 1.19 bits per heavy atom. The summed E-state index contributed by atoms with van der Waals surface area (Å²) in [5, 5.41) is 8.62. The molecule has 2 rings (SSSR count). The lowest BCUT2D eigenvalue weighted by molar-refractivity contribution is -0.131. The van der Waals surface area contributed by atoms with Gasteiger partial charge in [0, 0.05) is 6.08 Å². The standard InChI is InChI=1S/C15H9BrF2O3/c16-11-8-9(4-6-13(11)18)21-14-3-1-2-12(17)10(14)5-7-15(19)20/h1-8H,(H,19,20)/b7-5+. The molecular weight excluding hydrogens is 346 g/mol. The SMILES string of the molecule is O=C(O)/C=C/c1c(F)cccc1Oc1ccc(F)c(Br)c1. The fraction of sp³-hybridized carbons (Fsp3) is 0. The Hall–Kier alpha value is -2.21. The second-order valence-electron chi connectivity index (χ2n) is 4.00. The van der Waals surface area contributed by atoms with Gasteiger partial charge in [-0.3, -0.25) is 0 Å². The monoisotopic (exact) mass is 354 g/mol. The van der Waals surface area contributed by atoms with Gasteiger partial charge in [0.05, 0.1) is 10.0 Å². The first-order valence-corrected chi connectivity index (χ1v) is 6.59. The second-order valence-corrected chi connectivity index (χ2v) is 4.86. The highest BCUT2D eigenvalue weighted by Crippen LogP contribution is 2.30. The van der Waals surface area contributed by atoms with Crippen molar-refractivity contribution in [1.82, 2.24) is 0 Å². The Bertz CT molecular complexity index is 714. The van der Waals surface area contributed by atoms with Crippen LogP contribution >= 0.6 is 15.9 Å². The number of halogens is 3. The molecular formula is C15H9BrF2O3. The summed E-state index contributed by atoms with van der Waals surface area (Å²) in [6.45, 7) is 0. The zero-order chi connectivity index (χ0) is 15.4. The molecule has 3 nitrogen and oxygen atoms in total. The van der Waals surface area contributed by atoms with Gasteiger partial charge in [0.2, 0.25) is 0 Å². The molecule has 0 amide bonds. The molecule has 21 heavy (non-hydrogen) atoms. The highest BCUT2D eigenvalue weighted by atomic mass is 79.9. The van der Waals surface area contributed by atoms with E-state index in [0.29, 0.717) is 5.75 Å². The fourth-order valence-corrected chi connectivity index (χ4v) is 1.95. The normalized spacial score (nSPS) is 10.8. The van der Waals surface area contributed by atoms with E-state index in [-0.39, 0.29) is 15.8 Å². The highest BCUT2D eigenvalue weighted by molar-refractivity contribution is 9.10. The van der Waals surface area contributed by atoms with Crippen molar-refractivity contribution in [1.29, 1.82) is 0 Å². The molecule has 0 saturated heterocycles. The van der Waals surface area contributed by atoms with Gasteiger partial charge in [-0.2, -0.15) is 0 Å². The van der Waals surface area contributed by atoms with E-state index in [2.05, 4.69) is 15.9 Å². The molecule has 2 aromatic rings. The Labute approximate surface area is 127 Å². The van der Waals surface area contributed by atoms with Crippen LogP contribution in [0.15, 0.2) is 46.9 Å². The molecule has 2 aromatic carbocycles. The molecule has 6 heteroatoms. The summed E-state index contributed by atoms with van der Waals surface area (Å²) in [6, 6.07) is 8.09. The van der Waals surface area contributed by atoms with Crippen LogP contribution in [0, 0.1) is 11.6 Å². The van der Waals surface area contributed by atoms with Crippen molar-refractivity contribution in [3.63, 3.8) is 0 Å². The average Bonchev–Trinajstić information content (AvgIpc) is 2.42. The van der Waals surface area contributed by atoms with E-state index in [0.717, 1.165) is 12.2 Å². The molecule has 0 aliphatic heterocycles. The van der Waals surface area contributed by atoms with Crippen molar-refractivity contribution in [3.05, 3.63) is 64.1 Å². The first-order valence-electron chi connectivity index (χ1n) is 5.80. The van der Waals surface area contributed by atoms with Crippen LogP contribution < -0.4 is 4.74 Å². The molecule has 0 aliphatic carbocycles. The number of carboxylic acid groups (broad SMARTS) is 1. The number of ether oxygens (including phenoxy) is 1. The highest BCUT2D eigenvalue weighted by Gasteiger charge is 2.09. The maximum atomic E-state index is 13.8. The van der Waals surface area contributed by atoms with Crippen molar-refractivity contribution < 1.29 is 23.4 Å². The average molecular weight is 355 g/mol. The number of carboxylic acids is 1. The molecule has 0 aromatic heterocycles. The van der Waals surface area contributed by atoms with Crippen LogP contribution in [0.3, 0.4) is 0 Å². The van der Waals surface area contributed by atoms with Gasteiger partial charge in [-0.05, 0) is 52.3 Å². The molecule has 0 atom stereocenters. The Morgan fingerprint density at radius 3 is 2.62 bits per heavy atom. The summed E-state index contributed by atoms with van der Waals surface area (Å²) in [5.41, 5.74) is 0.000322. The Balaban J connectivity index is 2.37. The van der Waals surface area contributed by atoms with E-state index in [9.17, 15) is 13.6 Å². The smallest absolute Gasteiger partial charge is 0.328 e. The lowest BCUT2D eigenvalue weighted by atomic mass is 10.1. The Morgan fingerprint density at radius 2 is 1.95 bits per heavy atom. The molecule has 0 radical (unpaired) electrons. The quantitative estimate of drug-likeness (QED) is 0.815. The molecule has 108 valence electrons. The van der Waals surface area contributed by atoms with Crippen LogP contribution in [0.5, 0.6) is 11.5 Å². The van der Waals surface area contributed by atoms with Crippen molar-refractivity contribution >= 4 is 28.0 Å². The predicted molar refractivity (Wildman–Crippen MR) is 77.2 cm³/mol. The number of benzene rings is 2. The van der Waals surface area contributed by atoms with Crippen molar-refractivity contribution in [2.45, 2.75) is 0 Å². The van der Waals surface area contributed by atoms with Gasteiger partial charge in [0.15, 0.2) is 0 Å². The minimum atomic E-state index is -1.20. The summed E-state index contributed by atoms with van der Waals surface area (Å²) >= 11 is 3.02. The molecule has 0 unspecified atom stereocenters. The zero-order valence-electron chi connectivity index (χ0n) is 10.5. The van der Waals surface area contributed by atoms with E-state index in [1.807, 2.05) is 0 Å². The molecule has 0 fully saturated rings. The number of hydrogen-bond acceptors (Lipinski definition) is 2. The summed E-state index contributed by atoms with van der Waals surface area (Å²) in [6.07, 6.45) is 1.91. The second kappa shape index (κ2) is 6.49. The molecule has 0 saturated carbocycles. The largest absolute Gasteiger partial charge is 0.478 e. The molecule has 0 heterocycles. The van der Waals surface area contributed by atoms with Crippen LogP contribution in [-0.4, -0.2) is 11.1 Å².